The Labute approximate surface area is 153 Å². The lowest BCUT2D eigenvalue weighted by Crippen LogP contribution is -2.51. The van der Waals surface area contributed by atoms with E-state index in [0.29, 0.717) is 19.0 Å². The molecule has 1 atom stereocenters. The fraction of sp³-hybridized carbons (Fsp3) is 0.500. The summed E-state index contributed by atoms with van der Waals surface area (Å²) in [5.74, 6) is 2.08. The first-order valence-corrected chi connectivity index (χ1v) is 9.48. The van der Waals surface area contributed by atoms with Crippen LogP contribution >= 0.6 is 0 Å². The average Bonchev–Trinajstić information content (AvgIpc) is 3.19. The van der Waals surface area contributed by atoms with Crippen molar-refractivity contribution in [3.63, 3.8) is 0 Å². The van der Waals surface area contributed by atoms with Crippen molar-refractivity contribution in [2.24, 2.45) is 0 Å². The van der Waals surface area contributed by atoms with E-state index in [1.54, 1.807) is 0 Å². The number of hydrogen-bond donors (Lipinski definition) is 1. The Bertz CT molecular complexity index is 800. The molecule has 26 heavy (non-hydrogen) atoms. The molecule has 2 fully saturated rings. The zero-order chi connectivity index (χ0) is 17.5. The molecule has 3 aliphatic rings. The summed E-state index contributed by atoms with van der Waals surface area (Å²) in [6.07, 6.45) is 1.80. The van der Waals surface area contributed by atoms with E-state index >= 15 is 0 Å². The van der Waals surface area contributed by atoms with E-state index in [0.717, 1.165) is 56.6 Å². The Balaban J connectivity index is 1.47. The lowest BCUT2D eigenvalue weighted by molar-refractivity contribution is 0.140. The molecule has 5 rings (SSSR count). The summed E-state index contributed by atoms with van der Waals surface area (Å²) >= 11 is 0. The van der Waals surface area contributed by atoms with Crippen LogP contribution in [0.5, 0.6) is 0 Å². The Kier molecular flexibility index (Phi) is 4.02. The number of aliphatic hydroxyl groups is 1. The minimum atomic E-state index is -0.262. The van der Waals surface area contributed by atoms with Crippen LogP contribution in [-0.4, -0.2) is 54.0 Å². The van der Waals surface area contributed by atoms with Gasteiger partial charge in [0.25, 0.3) is 0 Å². The second-order valence-electron chi connectivity index (χ2n) is 7.51. The molecule has 0 saturated carbocycles. The predicted molar refractivity (Wildman–Crippen MR) is 99.6 cm³/mol. The van der Waals surface area contributed by atoms with Crippen LogP contribution in [0.3, 0.4) is 0 Å². The van der Waals surface area contributed by atoms with Crippen molar-refractivity contribution >= 4 is 11.8 Å². The van der Waals surface area contributed by atoms with Gasteiger partial charge >= 0.3 is 0 Å². The van der Waals surface area contributed by atoms with E-state index in [1.165, 1.54) is 11.1 Å². The quantitative estimate of drug-likeness (QED) is 0.908. The first-order valence-electron chi connectivity index (χ1n) is 9.48. The fourth-order valence-electron chi connectivity index (χ4n) is 4.03. The van der Waals surface area contributed by atoms with Crippen molar-refractivity contribution in [3.8, 4) is 0 Å². The van der Waals surface area contributed by atoms with Crippen molar-refractivity contribution in [3.05, 3.63) is 47.2 Å². The van der Waals surface area contributed by atoms with Gasteiger partial charge in [-0.25, -0.2) is 4.98 Å². The van der Waals surface area contributed by atoms with Crippen LogP contribution < -0.4 is 9.80 Å². The molecule has 0 amide bonds. The Morgan fingerprint density at radius 1 is 1.08 bits per heavy atom. The fourth-order valence-corrected chi connectivity index (χ4v) is 4.03. The summed E-state index contributed by atoms with van der Waals surface area (Å²) in [5.41, 5.74) is 3.89. The highest BCUT2D eigenvalue weighted by atomic mass is 16.5. The third-order valence-corrected chi connectivity index (χ3v) is 5.67. The molecule has 0 spiro atoms. The lowest BCUT2D eigenvalue weighted by atomic mass is 9.99. The number of rotatable bonds is 3. The van der Waals surface area contributed by atoms with Crippen LogP contribution in [-0.2, 0) is 17.7 Å². The topological polar surface area (TPSA) is 61.7 Å². The van der Waals surface area contributed by atoms with E-state index in [-0.39, 0.29) is 6.10 Å². The zero-order valence-electron chi connectivity index (χ0n) is 14.8. The van der Waals surface area contributed by atoms with Crippen LogP contribution in [0, 0.1) is 0 Å². The van der Waals surface area contributed by atoms with Gasteiger partial charge in [-0.15, -0.1) is 0 Å². The van der Waals surface area contributed by atoms with Crippen LogP contribution in [0.2, 0.25) is 0 Å². The Morgan fingerprint density at radius 2 is 1.92 bits per heavy atom. The van der Waals surface area contributed by atoms with Gasteiger partial charge in [-0.3, -0.25) is 0 Å². The standard InChI is InChI=1S/C20H24N4O2/c25-17-11-24(12-17)20-21-18(16-6-8-26-13-16)9-19(22-20)23-7-5-14-3-1-2-4-15(14)10-23/h1-4,9,16-17,25H,5-8,10-13H2/t16-/m0/s1. The molecule has 2 aromatic rings. The largest absolute Gasteiger partial charge is 0.389 e. The molecular formula is C20H24N4O2. The predicted octanol–water partition coefficient (Wildman–Crippen LogP) is 1.72. The van der Waals surface area contributed by atoms with Gasteiger partial charge < -0.3 is 19.6 Å². The monoisotopic (exact) mass is 352 g/mol. The molecule has 2 saturated heterocycles. The summed E-state index contributed by atoms with van der Waals surface area (Å²) in [7, 11) is 0. The third kappa shape index (κ3) is 2.93. The number of aliphatic hydroxyl groups excluding tert-OH is 1. The SMILES string of the molecule is OC1CN(c2nc([C@H]3CCOC3)cc(N3CCc4ccccc4C3)n2)C1. The smallest absolute Gasteiger partial charge is 0.227 e. The average molecular weight is 352 g/mol. The van der Waals surface area contributed by atoms with Crippen LogP contribution in [0.4, 0.5) is 11.8 Å². The highest BCUT2D eigenvalue weighted by Crippen LogP contribution is 2.31. The van der Waals surface area contributed by atoms with Crippen molar-refractivity contribution in [2.45, 2.75) is 31.4 Å². The van der Waals surface area contributed by atoms with E-state index in [1.807, 2.05) is 0 Å². The summed E-state index contributed by atoms with van der Waals surface area (Å²) in [4.78, 5) is 14.1. The van der Waals surface area contributed by atoms with Crippen molar-refractivity contribution < 1.29 is 9.84 Å². The van der Waals surface area contributed by atoms with Crippen LogP contribution in [0.1, 0.15) is 29.2 Å². The summed E-state index contributed by atoms with van der Waals surface area (Å²) < 4.78 is 5.57. The molecule has 0 bridgehead atoms. The number of β-amino-alcohol motifs (C(OH)–C–C–N with tert-alkyl or cyclic N) is 1. The highest BCUT2D eigenvalue weighted by molar-refractivity contribution is 5.50. The van der Waals surface area contributed by atoms with Crippen LogP contribution in [0.15, 0.2) is 30.3 Å². The van der Waals surface area contributed by atoms with Crippen molar-refractivity contribution in [1.82, 2.24) is 9.97 Å². The summed E-state index contributed by atoms with van der Waals surface area (Å²) in [5, 5.41) is 9.66. The normalized spacial score (nSPS) is 23.0. The van der Waals surface area contributed by atoms with Gasteiger partial charge in [0.15, 0.2) is 0 Å². The Morgan fingerprint density at radius 3 is 2.69 bits per heavy atom. The molecular weight excluding hydrogens is 328 g/mol. The van der Waals surface area contributed by atoms with Gasteiger partial charge in [0.2, 0.25) is 5.95 Å². The minimum Gasteiger partial charge on any atom is -0.389 e. The zero-order valence-corrected chi connectivity index (χ0v) is 14.8. The number of anilines is 2. The second kappa shape index (κ2) is 6.52. The first kappa shape index (κ1) is 16.0. The van der Waals surface area contributed by atoms with Crippen LogP contribution in [0.25, 0.3) is 0 Å². The van der Waals surface area contributed by atoms with Gasteiger partial charge in [-0.2, -0.15) is 4.98 Å². The second-order valence-corrected chi connectivity index (χ2v) is 7.51. The molecule has 1 aromatic heterocycles. The third-order valence-electron chi connectivity index (χ3n) is 5.67. The lowest BCUT2D eigenvalue weighted by Gasteiger charge is -2.37. The number of ether oxygens (including phenoxy) is 1. The minimum absolute atomic E-state index is 0.262. The molecule has 1 N–H and O–H groups in total. The molecule has 136 valence electrons. The van der Waals surface area contributed by atoms with Gasteiger partial charge in [0.05, 0.1) is 18.4 Å². The molecule has 0 unspecified atom stereocenters. The van der Waals surface area contributed by atoms with Gasteiger partial charge in [-0.1, -0.05) is 24.3 Å². The van der Waals surface area contributed by atoms with Crippen molar-refractivity contribution in [2.75, 3.05) is 42.6 Å². The summed E-state index contributed by atoms with van der Waals surface area (Å²) in [6, 6.07) is 10.8. The van der Waals surface area contributed by atoms with Gasteiger partial charge in [0, 0.05) is 44.8 Å². The van der Waals surface area contributed by atoms with Gasteiger partial charge in [-0.05, 0) is 24.0 Å². The van der Waals surface area contributed by atoms with Crippen molar-refractivity contribution in [1.29, 1.82) is 0 Å². The molecule has 0 radical (unpaired) electrons. The maximum absolute atomic E-state index is 9.66. The number of nitrogens with zero attached hydrogens (tertiary/aromatic N) is 4. The number of fused-ring (bicyclic) bond motifs is 1. The van der Waals surface area contributed by atoms with E-state index in [4.69, 9.17) is 14.7 Å². The number of aromatic nitrogens is 2. The maximum Gasteiger partial charge on any atom is 0.227 e. The number of benzene rings is 1. The van der Waals surface area contributed by atoms with E-state index in [9.17, 15) is 5.11 Å². The highest BCUT2D eigenvalue weighted by Gasteiger charge is 2.30. The molecule has 6 nitrogen and oxygen atoms in total. The van der Waals surface area contributed by atoms with Gasteiger partial charge in [0.1, 0.15) is 5.82 Å². The van der Waals surface area contributed by atoms with E-state index < -0.39 is 0 Å². The molecule has 6 heteroatoms. The molecule has 3 aliphatic heterocycles. The number of hydrogen-bond acceptors (Lipinski definition) is 6. The maximum atomic E-state index is 9.66. The molecule has 1 aromatic carbocycles. The summed E-state index contributed by atoms with van der Waals surface area (Å²) in [6.45, 7) is 4.63. The Hall–Kier alpha value is -2.18. The first-order chi connectivity index (χ1) is 12.8. The molecule has 4 heterocycles. The van der Waals surface area contributed by atoms with E-state index in [2.05, 4.69) is 40.1 Å². The molecule has 0 aliphatic carbocycles.